The summed E-state index contributed by atoms with van der Waals surface area (Å²) in [6.07, 6.45) is -0.640. The lowest BCUT2D eigenvalue weighted by Gasteiger charge is -2.19. The Morgan fingerprint density at radius 1 is 1.16 bits per heavy atom. The minimum Gasteiger partial charge on any atom is -0.444 e. The summed E-state index contributed by atoms with van der Waals surface area (Å²) in [5.41, 5.74) is -0.518. The van der Waals surface area contributed by atoms with Gasteiger partial charge >= 0.3 is 6.09 Å². The first kappa shape index (κ1) is 17.2. The van der Waals surface area contributed by atoms with Crippen molar-refractivity contribution in [3.05, 3.63) is 0 Å². The average Bonchev–Trinajstić information content (AvgIpc) is 2.25. The van der Waals surface area contributed by atoms with Crippen LogP contribution in [0, 0.1) is 11.3 Å². The number of carbonyl (C=O) groups is 2. The van der Waals surface area contributed by atoms with E-state index in [2.05, 4.69) is 10.6 Å². The fraction of sp³-hybridized carbons (Fsp3) is 0.750. The molecule has 0 aliphatic heterocycles. The Morgan fingerprint density at radius 2 is 1.74 bits per heavy atom. The second-order valence-corrected chi connectivity index (χ2v) is 4.73. The first-order chi connectivity index (χ1) is 8.85. The van der Waals surface area contributed by atoms with E-state index in [-0.39, 0.29) is 12.3 Å². The smallest absolute Gasteiger partial charge is 0.407 e. The van der Waals surface area contributed by atoms with Gasteiger partial charge in [0.25, 0.3) is 0 Å². The molecule has 2 amide bonds. The number of hydrogen-bond donors (Lipinski definition) is 2. The molecule has 0 spiro atoms. The number of alkyl carbamates (subject to hydrolysis) is 1. The van der Waals surface area contributed by atoms with Crippen molar-refractivity contribution < 1.29 is 19.1 Å². The third-order valence-corrected chi connectivity index (χ3v) is 1.72. The summed E-state index contributed by atoms with van der Waals surface area (Å²) < 4.78 is 10.2. The standard InChI is InChI=1S/C12H21N3O4/c1-12(2,3)19-11(17)15-7-9-18-8-6-14-10(16)4-5-13/h4,6-9H2,1-3H3,(H,14,16)(H,15,17). The fourth-order valence-corrected chi connectivity index (χ4v) is 1.04. The molecule has 0 aromatic carbocycles. The molecule has 19 heavy (non-hydrogen) atoms. The number of carbonyl (C=O) groups excluding carboxylic acids is 2. The molecule has 0 heterocycles. The lowest BCUT2D eigenvalue weighted by Crippen LogP contribution is -2.34. The van der Waals surface area contributed by atoms with Gasteiger partial charge in [0.05, 0.1) is 19.3 Å². The van der Waals surface area contributed by atoms with E-state index in [1.54, 1.807) is 26.8 Å². The molecule has 0 aliphatic rings. The molecule has 2 N–H and O–H groups in total. The molecule has 0 saturated carbocycles. The molecule has 0 aliphatic carbocycles. The van der Waals surface area contributed by atoms with E-state index < -0.39 is 11.7 Å². The summed E-state index contributed by atoms with van der Waals surface area (Å²) in [5, 5.41) is 13.3. The van der Waals surface area contributed by atoms with E-state index in [0.29, 0.717) is 26.3 Å². The Balaban J connectivity index is 3.39. The van der Waals surface area contributed by atoms with E-state index in [1.165, 1.54) is 0 Å². The van der Waals surface area contributed by atoms with Crippen molar-refractivity contribution in [1.29, 1.82) is 5.26 Å². The van der Waals surface area contributed by atoms with Crippen LogP contribution in [0.5, 0.6) is 0 Å². The van der Waals surface area contributed by atoms with Gasteiger partial charge in [-0.25, -0.2) is 4.79 Å². The lowest BCUT2D eigenvalue weighted by atomic mass is 10.2. The second kappa shape index (κ2) is 9.16. The molecule has 7 heteroatoms. The van der Waals surface area contributed by atoms with Gasteiger partial charge in [-0.2, -0.15) is 5.26 Å². The lowest BCUT2D eigenvalue weighted by molar-refractivity contribution is -0.120. The molecule has 0 radical (unpaired) electrons. The van der Waals surface area contributed by atoms with Crippen molar-refractivity contribution in [2.75, 3.05) is 26.3 Å². The largest absolute Gasteiger partial charge is 0.444 e. The van der Waals surface area contributed by atoms with Gasteiger partial charge in [-0.3, -0.25) is 4.79 Å². The number of amides is 2. The third-order valence-electron chi connectivity index (χ3n) is 1.72. The van der Waals surface area contributed by atoms with Crippen molar-refractivity contribution in [3.8, 4) is 6.07 Å². The summed E-state index contributed by atoms with van der Waals surface area (Å²) in [6.45, 7) is 6.68. The Kier molecular flexibility index (Phi) is 8.29. The van der Waals surface area contributed by atoms with Gasteiger partial charge in [0, 0.05) is 13.1 Å². The van der Waals surface area contributed by atoms with Crippen LogP contribution in [0.1, 0.15) is 27.2 Å². The predicted molar refractivity (Wildman–Crippen MR) is 68.3 cm³/mol. The molecule has 0 unspecified atom stereocenters. The number of ether oxygens (including phenoxy) is 2. The zero-order valence-corrected chi connectivity index (χ0v) is 11.6. The van der Waals surface area contributed by atoms with Crippen LogP contribution in [-0.4, -0.2) is 43.9 Å². The van der Waals surface area contributed by atoms with Gasteiger partial charge < -0.3 is 20.1 Å². The molecular formula is C12H21N3O4. The molecule has 0 aromatic heterocycles. The molecule has 7 nitrogen and oxygen atoms in total. The number of nitrogens with one attached hydrogen (secondary N) is 2. The minimum atomic E-state index is -0.518. The van der Waals surface area contributed by atoms with Crippen LogP contribution >= 0.6 is 0 Å². The van der Waals surface area contributed by atoms with Gasteiger partial charge in [0.2, 0.25) is 5.91 Å². The van der Waals surface area contributed by atoms with Crippen molar-refractivity contribution in [3.63, 3.8) is 0 Å². The highest BCUT2D eigenvalue weighted by Crippen LogP contribution is 2.05. The van der Waals surface area contributed by atoms with Crippen molar-refractivity contribution in [1.82, 2.24) is 10.6 Å². The Morgan fingerprint density at radius 3 is 2.26 bits per heavy atom. The van der Waals surface area contributed by atoms with Crippen LogP contribution in [0.2, 0.25) is 0 Å². The van der Waals surface area contributed by atoms with Gasteiger partial charge in [0.15, 0.2) is 0 Å². The maximum atomic E-state index is 11.2. The van der Waals surface area contributed by atoms with E-state index in [1.807, 2.05) is 0 Å². The van der Waals surface area contributed by atoms with Gasteiger partial charge in [0.1, 0.15) is 12.0 Å². The maximum absolute atomic E-state index is 11.2. The number of nitrogens with zero attached hydrogens (tertiary/aromatic N) is 1. The van der Waals surface area contributed by atoms with Gasteiger partial charge in [-0.15, -0.1) is 0 Å². The van der Waals surface area contributed by atoms with Gasteiger partial charge in [-0.05, 0) is 20.8 Å². The average molecular weight is 271 g/mol. The maximum Gasteiger partial charge on any atom is 0.407 e. The van der Waals surface area contributed by atoms with Crippen molar-refractivity contribution in [2.45, 2.75) is 32.8 Å². The molecule has 0 atom stereocenters. The van der Waals surface area contributed by atoms with Crippen LogP contribution in [0.4, 0.5) is 4.79 Å². The third kappa shape index (κ3) is 12.4. The monoisotopic (exact) mass is 271 g/mol. The molecule has 108 valence electrons. The Hall–Kier alpha value is -1.81. The number of rotatable bonds is 7. The summed E-state index contributed by atoms with van der Waals surface area (Å²) in [4.78, 5) is 22.1. The van der Waals surface area contributed by atoms with Crippen molar-refractivity contribution >= 4 is 12.0 Å². The zero-order chi connectivity index (χ0) is 14.7. The van der Waals surface area contributed by atoms with E-state index in [9.17, 15) is 9.59 Å². The zero-order valence-electron chi connectivity index (χ0n) is 11.6. The molecule has 0 aromatic rings. The Bertz CT molecular complexity index is 331. The van der Waals surface area contributed by atoms with Crippen molar-refractivity contribution in [2.24, 2.45) is 0 Å². The highest BCUT2D eigenvalue weighted by molar-refractivity contribution is 5.77. The fourth-order valence-electron chi connectivity index (χ4n) is 1.04. The highest BCUT2D eigenvalue weighted by atomic mass is 16.6. The summed E-state index contributed by atoms with van der Waals surface area (Å²) in [5.74, 6) is -0.321. The van der Waals surface area contributed by atoms with Gasteiger partial charge in [-0.1, -0.05) is 0 Å². The molecule has 0 saturated heterocycles. The van der Waals surface area contributed by atoms with Crippen LogP contribution < -0.4 is 10.6 Å². The summed E-state index contributed by atoms with van der Waals surface area (Å²) in [6, 6.07) is 1.75. The van der Waals surface area contributed by atoms with E-state index in [4.69, 9.17) is 14.7 Å². The van der Waals surface area contributed by atoms with Crippen LogP contribution in [0.15, 0.2) is 0 Å². The second-order valence-electron chi connectivity index (χ2n) is 4.73. The first-order valence-electron chi connectivity index (χ1n) is 6.03. The SMILES string of the molecule is CC(C)(C)OC(=O)NCCOCCNC(=O)CC#N. The normalized spacial score (nSPS) is 10.4. The number of nitriles is 1. The molecular weight excluding hydrogens is 250 g/mol. The van der Waals surface area contributed by atoms with Crippen LogP contribution in [0.3, 0.4) is 0 Å². The highest BCUT2D eigenvalue weighted by Gasteiger charge is 2.15. The van der Waals surface area contributed by atoms with Crippen LogP contribution in [-0.2, 0) is 14.3 Å². The predicted octanol–water partition coefficient (Wildman–Crippen LogP) is 0.558. The molecule has 0 bridgehead atoms. The number of hydrogen-bond acceptors (Lipinski definition) is 5. The first-order valence-corrected chi connectivity index (χ1v) is 6.03. The topological polar surface area (TPSA) is 100 Å². The van der Waals surface area contributed by atoms with Crippen LogP contribution in [0.25, 0.3) is 0 Å². The minimum absolute atomic E-state index is 0.153. The summed E-state index contributed by atoms with van der Waals surface area (Å²) >= 11 is 0. The van der Waals surface area contributed by atoms with E-state index in [0.717, 1.165) is 0 Å². The molecule has 0 fully saturated rings. The van der Waals surface area contributed by atoms with E-state index >= 15 is 0 Å². The summed E-state index contributed by atoms with van der Waals surface area (Å²) in [7, 11) is 0. The Labute approximate surface area is 113 Å². The quantitative estimate of drug-likeness (QED) is 0.659. The molecule has 0 rings (SSSR count).